The smallest absolute Gasteiger partial charge is 0.320 e. The van der Waals surface area contributed by atoms with Crippen molar-refractivity contribution in [3.05, 3.63) is 0 Å². The molecule has 0 aliphatic carbocycles. The third-order valence-electron chi connectivity index (χ3n) is 1.92. The molecule has 0 amide bonds. The summed E-state index contributed by atoms with van der Waals surface area (Å²) in [5, 5.41) is 2.17. The number of sulfone groups is 1. The summed E-state index contributed by atoms with van der Waals surface area (Å²) in [6.07, 6.45) is -5.36. The molecule has 0 rings (SSSR count). The molecule has 3 nitrogen and oxygen atoms in total. The molecular weight excluding hydrogens is 243 g/mol. The van der Waals surface area contributed by atoms with Gasteiger partial charge in [-0.25, -0.2) is 8.42 Å². The number of nitrogens with one attached hydrogen (secondary N) is 1. The van der Waals surface area contributed by atoms with Gasteiger partial charge in [-0.3, -0.25) is 0 Å². The SMILES string of the molecule is [2H]C([2H])([2H])NCCCS(=O)(=O)CCCCC(F)(F)F. The van der Waals surface area contributed by atoms with E-state index < -0.39 is 29.4 Å². The first-order valence-corrected chi connectivity index (χ1v) is 6.76. The van der Waals surface area contributed by atoms with Crippen molar-refractivity contribution in [3.8, 4) is 0 Å². The van der Waals surface area contributed by atoms with E-state index in [1.165, 1.54) is 0 Å². The third-order valence-corrected chi connectivity index (χ3v) is 3.74. The first-order valence-electron chi connectivity index (χ1n) is 6.43. The van der Waals surface area contributed by atoms with Crippen molar-refractivity contribution >= 4 is 9.84 Å². The minimum absolute atomic E-state index is 0.0261. The monoisotopic (exact) mass is 264 g/mol. The lowest BCUT2D eigenvalue weighted by Crippen LogP contribution is -2.17. The predicted octanol–water partition coefficient (Wildman–Crippen LogP) is 1.74. The van der Waals surface area contributed by atoms with Crippen LogP contribution in [0.15, 0.2) is 0 Å². The van der Waals surface area contributed by atoms with Gasteiger partial charge in [0.15, 0.2) is 0 Å². The lowest BCUT2D eigenvalue weighted by Gasteiger charge is -2.06. The molecule has 0 aliphatic heterocycles. The van der Waals surface area contributed by atoms with Gasteiger partial charge in [0, 0.05) is 10.5 Å². The molecule has 0 saturated heterocycles. The standard InChI is InChI=1S/C9H18F3NO2S/c1-13-6-4-8-16(14,15)7-3-2-5-9(10,11)12/h13H,2-8H2,1H3/i1D3. The van der Waals surface area contributed by atoms with Crippen LogP contribution in [-0.4, -0.2) is 39.6 Å². The Morgan fingerprint density at radius 2 is 1.81 bits per heavy atom. The molecular formula is C9H18F3NO2S. The average Bonchev–Trinajstić information content (AvgIpc) is 2.17. The Balaban J connectivity index is 3.76. The highest BCUT2D eigenvalue weighted by molar-refractivity contribution is 7.91. The van der Waals surface area contributed by atoms with Crippen molar-refractivity contribution < 1.29 is 25.7 Å². The fourth-order valence-corrected chi connectivity index (χ4v) is 2.56. The van der Waals surface area contributed by atoms with Gasteiger partial charge in [-0.05, 0) is 32.8 Å². The van der Waals surface area contributed by atoms with Crippen molar-refractivity contribution in [2.45, 2.75) is 31.9 Å². The maximum atomic E-state index is 11.8. The van der Waals surface area contributed by atoms with Crippen LogP contribution in [0.5, 0.6) is 0 Å². The van der Waals surface area contributed by atoms with Gasteiger partial charge in [0.1, 0.15) is 9.84 Å². The summed E-state index contributed by atoms with van der Waals surface area (Å²) < 4.78 is 78.8. The van der Waals surface area contributed by atoms with E-state index in [9.17, 15) is 21.6 Å². The van der Waals surface area contributed by atoms with Crippen molar-refractivity contribution in [1.29, 1.82) is 0 Å². The van der Waals surface area contributed by atoms with Crippen LogP contribution in [0.3, 0.4) is 0 Å². The zero-order valence-corrected chi connectivity index (χ0v) is 9.62. The van der Waals surface area contributed by atoms with Crippen LogP contribution in [0.4, 0.5) is 13.2 Å². The Bertz CT molecular complexity index is 327. The lowest BCUT2D eigenvalue weighted by atomic mass is 10.2. The van der Waals surface area contributed by atoms with Crippen LogP contribution in [-0.2, 0) is 9.84 Å². The highest BCUT2D eigenvalue weighted by Crippen LogP contribution is 2.22. The highest BCUT2D eigenvalue weighted by Gasteiger charge is 2.26. The van der Waals surface area contributed by atoms with Gasteiger partial charge in [-0.2, -0.15) is 13.2 Å². The van der Waals surface area contributed by atoms with Gasteiger partial charge in [0.05, 0.1) is 11.5 Å². The summed E-state index contributed by atoms with van der Waals surface area (Å²) >= 11 is 0. The number of alkyl halides is 3. The van der Waals surface area contributed by atoms with Crippen molar-refractivity contribution in [2.24, 2.45) is 0 Å². The van der Waals surface area contributed by atoms with Crippen molar-refractivity contribution in [1.82, 2.24) is 5.32 Å². The Labute approximate surface area is 98.5 Å². The largest absolute Gasteiger partial charge is 0.389 e. The molecule has 0 fully saturated rings. The molecule has 0 saturated carbocycles. The van der Waals surface area contributed by atoms with Crippen LogP contribution < -0.4 is 5.32 Å². The Kier molecular flexibility index (Phi) is 4.81. The molecule has 0 aromatic heterocycles. The van der Waals surface area contributed by atoms with Gasteiger partial charge in [-0.15, -0.1) is 0 Å². The van der Waals surface area contributed by atoms with Crippen molar-refractivity contribution in [2.75, 3.05) is 25.0 Å². The van der Waals surface area contributed by atoms with Gasteiger partial charge in [0.25, 0.3) is 0 Å². The summed E-state index contributed by atoms with van der Waals surface area (Å²) in [7, 11) is -3.41. The minimum atomic E-state index is -4.26. The molecule has 0 bridgehead atoms. The molecule has 0 aromatic rings. The zero-order valence-electron chi connectivity index (χ0n) is 11.8. The fourth-order valence-electron chi connectivity index (χ4n) is 1.13. The number of hydrogen-bond acceptors (Lipinski definition) is 3. The number of rotatable bonds is 8. The first kappa shape index (κ1) is 10.8. The Morgan fingerprint density at radius 1 is 1.19 bits per heavy atom. The molecule has 98 valence electrons. The molecule has 0 aromatic carbocycles. The summed E-state index contributed by atoms with van der Waals surface area (Å²) in [6, 6.07) is 0. The lowest BCUT2D eigenvalue weighted by molar-refractivity contribution is -0.135. The summed E-state index contributed by atoms with van der Waals surface area (Å²) in [6.45, 7) is -2.28. The molecule has 0 aliphatic rings. The average molecular weight is 264 g/mol. The second-order valence-electron chi connectivity index (χ2n) is 3.50. The Morgan fingerprint density at radius 3 is 2.38 bits per heavy atom. The molecule has 0 unspecified atom stereocenters. The Hall–Kier alpha value is -0.300. The van der Waals surface area contributed by atoms with E-state index in [2.05, 4.69) is 5.32 Å². The van der Waals surface area contributed by atoms with Crippen LogP contribution >= 0.6 is 0 Å². The molecule has 7 heteroatoms. The van der Waals surface area contributed by atoms with E-state index in [4.69, 9.17) is 4.11 Å². The molecule has 16 heavy (non-hydrogen) atoms. The van der Waals surface area contributed by atoms with Crippen LogP contribution in [0.2, 0.25) is 0 Å². The topological polar surface area (TPSA) is 46.2 Å². The zero-order chi connectivity index (χ0) is 15.2. The summed E-state index contributed by atoms with van der Waals surface area (Å²) in [4.78, 5) is 0. The minimum Gasteiger partial charge on any atom is -0.320 e. The van der Waals surface area contributed by atoms with E-state index >= 15 is 0 Å². The van der Waals surface area contributed by atoms with Gasteiger partial charge < -0.3 is 5.32 Å². The maximum absolute atomic E-state index is 11.8. The second-order valence-corrected chi connectivity index (χ2v) is 5.81. The number of unbranched alkanes of at least 4 members (excludes halogenated alkanes) is 1. The van der Waals surface area contributed by atoms with Gasteiger partial charge >= 0.3 is 6.18 Å². The summed E-state index contributed by atoms with van der Waals surface area (Å²) in [5.74, 6) is -0.515. The molecule has 0 heterocycles. The van der Waals surface area contributed by atoms with E-state index in [1.807, 2.05) is 0 Å². The summed E-state index contributed by atoms with van der Waals surface area (Å²) in [5.41, 5.74) is 0. The quantitative estimate of drug-likeness (QED) is 0.679. The highest BCUT2D eigenvalue weighted by atomic mass is 32.2. The van der Waals surface area contributed by atoms with E-state index in [1.54, 1.807) is 0 Å². The van der Waals surface area contributed by atoms with Crippen LogP contribution in [0.1, 0.15) is 29.8 Å². The molecule has 0 radical (unpaired) electrons. The first-order chi connectivity index (χ1) is 8.41. The normalized spacial score (nSPS) is 16.6. The maximum Gasteiger partial charge on any atom is 0.389 e. The predicted molar refractivity (Wildman–Crippen MR) is 57.1 cm³/mol. The van der Waals surface area contributed by atoms with E-state index in [-0.39, 0.29) is 37.3 Å². The number of halogens is 3. The van der Waals surface area contributed by atoms with E-state index in [0.717, 1.165) is 0 Å². The van der Waals surface area contributed by atoms with Gasteiger partial charge in [-0.1, -0.05) is 0 Å². The van der Waals surface area contributed by atoms with E-state index in [0.29, 0.717) is 0 Å². The van der Waals surface area contributed by atoms with Gasteiger partial charge in [0.2, 0.25) is 0 Å². The number of hydrogen-bond donors (Lipinski definition) is 1. The fraction of sp³-hybridized carbons (Fsp3) is 1.00. The molecule has 0 spiro atoms. The second kappa shape index (κ2) is 7.11. The molecule has 1 N–H and O–H groups in total. The van der Waals surface area contributed by atoms with Crippen molar-refractivity contribution in [3.63, 3.8) is 0 Å². The van der Waals surface area contributed by atoms with Crippen LogP contribution in [0, 0.1) is 0 Å². The molecule has 0 atom stereocenters. The third kappa shape index (κ3) is 10.2. The van der Waals surface area contributed by atoms with Crippen LogP contribution in [0.25, 0.3) is 0 Å².